The van der Waals surface area contributed by atoms with E-state index >= 15 is 0 Å². The smallest absolute Gasteiger partial charge is 0.317 e. The van der Waals surface area contributed by atoms with Crippen molar-refractivity contribution in [2.24, 2.45) is 0 Å². The van der Waals surface area contributed by atoms with Crippen LogP contribution < -0.4 is 10.1 Å². The highest BCUT2D eigenvalue weighted by molar-refractivity contribution is 5.88. The Kier molecular flexibility index (Phi) is 6.62. The highest BCUT2D eigenvalue weighted by Crippen LogP contribution is 2.24. The van der Waals surface area contributed by atoms with E-state index in [0.717, 1.165) is 16.5 Å². The second-order valence-electron chi connectivity index (χ2n) is 6.02. The first-order chi connectivity index (χ1) is 12.0. The zero-order valence-electron chi connectivity index (χ0n) is 15.0. The minimum absolute atomic E-state index is 0.000982. The van der Waals surface area contributed by atoms with Gasteiger partial charge in [0.15, 0.2) is 0 Å². The maximum Gasteiger partial charge on any atom is 0.317 e. The predicted octanol–water partition coefficient (Wildman–Crippen LogP) is 2.34. The molecular weight excluding hydrogens is 318 g/mol. The number of fused-ring (bicyclic) bond motifs is 1. The fourth-order valence-corrected chi connectivity index (χ4v) is 2.36. The Morgan fingerprint density at radius 3 is 2.52 bits per heavy atom. The summed E-state index contributed by atoms with van der Waals surface area (Å²) in [5, 5.41) is 4.96. The van der Waals surface area contributed by atoms with Gasteiger partial charge in [-0.2, -0.15) is 0 Å². The molecule has 3 amide bonds. The molecule has 0 aliphatic carbocycles. The summed E-state index contributed by atoms with van der Waals surface area (Å²) in [5.74, 6) is 0.802. The van der Waals surface area contributed by atoms with E-state index < -0.39 is 0 Å². The van der Waals surface area contributed by atoms with Gasteiger partial charge in [-0.1, -0.05) is 36.4 Å². The van der Waals surface area contributed by atoms with E-state index in [1.54, 1.807) is 21.1 Å². The van der Waals surface area contributed by atoms with E-state index in [0.29, 0.717) is 26.1 Å². The molecule has 0 unspecified atom stereocenters. The Balaban J connectivity index is 1.75. The molecule has 0 heterocycles. The van der Waals surface area contributed by atoms with E-state index in [2.05, 4.69) is 5.32 Å². The molecule has 2 aromatic rings. The lowest BCUT2D eigenvalue weighted by atomic mass is 10.1. The normalized spacial score (nSPS) is 10.4. The molecule has 2 rings (SSSR count). The maximum atomic E-state index is 12.0. The molecule has 0 atom stereocenters. The van der Waals surface area contributed by atoms with Gasteiger partial charge >= 0.3 is 6.03 Å². The number of nitrogens with one attached hydrogen (secondary N) is 1. The molecule has 6 nitrogen and oxygen atoms in total. The van der Waals surface area contributed by atoms with Crippen LogP contribution in [0.15, 0.2) is 42.5 Å². The summed E-state index contributed by atoms with van der Waals surface area (Å²) >= 11 is 0. The third-order valence-corrected chi connectivity index (χ3v) is 3.89. The molecule has 0 saturated carbocycles. The van der Waals surface area contributed by atoms with Crippen molar-refractivity contribution in [3.05, 3.63) is 42.5 Å². The summed E-state index contributed by atoms with van der Waals surface area (Å²) in [4.78, 5) is 26.5. The zero-order chi connectivity index (χ0) is 18.2. The molecule has 0 fully saturated rings. The fraction of sp³-hybridized carbons (Fsp3) is 0.368. The van der Waals surface area contributed by atoms with Crippen molar-refractivity contribution in [2.45, 2.75) is 6.42 Å². The van der Waals surface area contributed by atoms with Crippen molar-refractivity contribution in [3.63, 3.8) is 0 Å². The average Bonchev–Trinajstić information content (AvgIpc) is 2.62. The van der Waals surface area contributed by atoms with Crippen LogP contribution in [0.4, 0.5) is 4.79 Å². The minimum atomic E-state index is -0.215. The van der Waals surface area contributed by atoms with Gasteiger partial charge in [-0.15, -0.1) is 0 Å². The van der Waals surface area contributed by atoms with Gasteiger partial charge in [-0.25, -0.2) is 4.79 Å². The third kappa shape index (κ3) is 5.38. The van der Waals surface area contributed by atoms with Gasteiger partial charge < -0.3 is 19.9 Å². The Bertz CT molecular complexity index is 725. The van der Waals surface area contributed by atoms with Crippen LogP contribution in [0.3, 0.4) is 0 Å². The van der Waals surface area contributed by atoms with Crippen molar-refractivity contribution in [3.8, 4) is 5.75 Å². The van der Waals surface area contributed by atoms with Crippen molar-refractivity contribution in [1.82, 2.24) is 15.1 Å². The van der Waals surface area contributed by atoms with Crippen molar-refractivity contribution in [1.29, 1.82) is 0 Å². The highest BCUT2D eigenvalue weighted by atomic mass is 16.5. The molecule has 6 heteroatoms. The molecule has 0 aliphatic rings. The van der Waals surface area contributed by atoms with Gasteiger partial charge in [-0.3, -0.25) is 4.79 Å². The summed E-state index contributed by atoms with van der Waals surface area (Å²) < 4.78 is 5.79. The van der Waals surface area contributed by atoms with Gasteiger partial charge in [0.2, 0.25) is 5.91 Å². The topological polar surface area (TPSA) is 61.9 Å². The minimum Gasteiger partial charge on any atom is -0.491 e. The summed E-state index contributed by atoms with van der Waals surface area (Å²) in [5.41, 5.74) is 0. The summed E-state index contributed by atoms with van der Waals surface area (Å²) in [7, 11) is 5.07. The lowest BCUT2D eigenvalue weighted by molar-refractivity contribution is -0.128. The van der Waals surface area contributed by atoms with Gasteiger partial charge in [-0.05, 0) is 11.5 Å². The van der Waals surface area contributed by atoms with Crippen molar-refractivity contribution < 1.29 is 14.3 Å². The number of benzene rings is 2. The Morgan fingerprint density at radius 1 is 1.04 bits per heavy atom. The molecular formula is C19H25N3O3. The van der Waals surface area contributed by atoms with Crippen LogP contribution in [-0.2, 0) is 4.79 Å². The molecule has 25 heavy (non-hydrogen) atoms. The van der Waals surface area contributed by atoms with Crippen LogP contribution in [0, 0.1) is 0 Å². The number of ether oxygens (including phenoxy) is 1. The second-order valence-corrected chi connectivity index (χ2v) is 6.02. The molecule has 0 spiro atoms. The molecule has 134 valence electrons. The number of carbonyl (C=O) groups excluding carboxylic acids is 2. The van der Waals surface area contributed by atoms with Crippen LogP contribution in [0.5, 0.6) is 5.75 Å². The van der Waals surface area contributed by atoms with Gasteiger partial charge in [0.25, 0.3) is 0 Å². The van der Waals surface area contributed by atoms with E-state index in [1.807, 2.05) is 42.5 Å². The van der Waals surface area contributed by atoms with Crippen LogP contribution >= 0.6 is 0 Å². The number of nitrogens with zero attached hydrogens (tertiary/aromatic N) is 2. The van der Waals surface area contributed by atoms with Gasteiger partial charge in [0, 0.05) is 39.5 Å². The van der Waals surface area contributed by atoms with Gasteiger partial charge in [0.1, 0.15) is 12.4 Å². The molecule has 0 radical (unpaired) electrons. The molecule has 0 saturated heterocycles. The summed E-state index contributed by atoms with van der Waals surface area (Å²) in [6.45, 7) is 1.16. The molecule has 0 aliphatic heterocycles. The van der Waals surface area contributed by atoms with E-state index in [-0.39, 0.29) is 11.9 Å². The number of rotatable bonds is 7. The zero-order valence-corrected chi connectivity index (χ0v) is 15.0. The Hall–Kier alpha value is -2.76. The Labute approximate surface area is 148 Å². The predicted molar refractivity (Wildman–Crippen MR) is 98.8 cm³/mol. The lowest BCUT2D eigenvalue weighted by Crippen LogP contribution is -2.40. The SMILES string of the molecule is CN(C)C(=O)CCN(C)C(=O)NCCOc1cccc2ccccc12. The van der Waals surface area contributed by atoms with Crippen LogP contribution in [0.2, 0.25) is 0 Å². The number of hydrogen-bond acceptors (Lipinski definition) is 3. The molecule has 0 aromatic heterocycles. The van der Waals surface area contributed by atoms with Gasteiger partial charge in [0.05, 0.1) is 6.54 Å². The molecule has 2 aromatic carbocycles. The average molecular weight is 343 g/mol. The maximum absolute atomic E-state index is 12.0. The standard InChI is InChI=1S/C19H25N3O3/c1-21(2)18(23)11-13-22(3)19(24)20-12-14-25-17-10-6-8-15-7-4-5-9-16(15)17/h4-10H,11-14H2,1-3H3,(H,20,24). The molecule has 1 N–H and O–H groups in total. The monoisotopic (exact) mass is 343 g/mol. The van der Waals surface area contributed by atoms with Crippen LogP contribution in [-0.4, -0.2) is 62.6 Å². The van der Waals surface area contributed by atoms with Crippen LogP contribution in [0.1, 0.15) is 6.42 Å². The number of amides is 3. The largest absolute Gasteiger partial charge is 0.491 e. The highest BCUT2D eigenvalue weighted by Gasteiger charge is 2.11. The summed E-state index contributed by atoms with van der Waals surface area (Å²) in [6.07, 6.45) is 0.309. The Morgan fingerprint density at radius 2 is 1.76 bits per heavy atom. The first-order valence-electron chi connectivity index (χ1n) is 8.28. The van der Waals surface area contributed by atoms with Crippen molar-refractivity contribution in [2.75, 3.05) is 40.8 Å². The number of carbonyl (C=O) groups is 2. The van der Waals surface area contributed by atoms with E-state index in [9.17, 15) is 9.59 Å². The number of urea groups is 1. The number of hydrogen-bond donors (Lipinski definition) is 1. The quantitative estimate of drug-likeness (QED) is 0.785. The lowest BCUT2D eigenvalue weighted by Gasteiger charge is -2.19. The fourth-order valence-electron chi connectivity index (χ4n) is 2.36. The van der Waals surface area contributed by atoms with E-state index in [4.69, 9.17) is 4.74 Å². The van der Waals surface area contributed by atoms with Crippen LogP contribution in [0.25, 0.3) is 10.8 Å². The summed E-state index contributed by atoms with van der Waals surface area (Å²) in [6, 6.07) is 13.7. The second kappa shape index (κ2) is 8.92. The third-order valence-electron chi connectivity index (χ3n) is 3.89. The van der Waals surface area contributed by atoms with E-state index in [1.165, 1.54) is 9.80 Å². The van der Waals surface area contributed by atoms with Crippen molar-refractivity contribution >= 4 is 22.7 Å². The first kappa shape index (κ1) is 18.6. The molecule has 0 bridgehead atoms. The first-order valence-corrected chi connectivity index (χ1v) is 8.28.